The first kappa shape index (κ1) is 17.3. The van der Waals surface area contributed by atoms with Gasteiger partial charge in [-0.05, 0) is 61.4 Å². The van der Waals surface area contributed by atoms with Crippen molar-refractivity contribution in [1.82, 2.24) is 14.8 Å². The van der Waals surface area contributed by atoms with E-state index in [0.29, 0.717) is 5.57 Å². The summed E-state index contributed by atoms with van der Waals surface area (Å²) in [5.74, 6) is -0.0798. The molecule has 2 N–H and O–H groups in total. The summed E-state index contributed by atoms with van der Waals surface area (Å²) in [5.41, 5.74) is 8.61. The third kappa shape index (κ3) is 3.06. The van der Waals surface area contributed by atoms with Gasteiger partial charge in [0, 0.05) is 34.4 Å². The lowest BCUT2D eigenvalue weighted by Gasteiger charge is -2.03. The van der Waals surface area contributed by atoms with E-state index in [-0.39, 0.29) is 5.91 Å². The number of anilines is 1. The van der Waals surface area contributed by atoms with Crippen molar-refractivity contribution in [3.8, 4) is 16.8 Å². The Bertz CT molecular complexity index is 1260. The molecule has 3 heterocycles. The summed E-state index contributed by atoms with van der Waals surface area (Å²) in [5, 5.41) is 7.45. The first-order valence-electron chi connectivity index (χ1n) is 9.52. The van der Waals surface area contributed by atoms with Crippen molar-refractivity contribution in [2.45, 2.75) is 13.8 Å². The number of hydrogen-bond donors (Lipinski definition) is 2. The maximum Gasteiger partial charge on any atom is 0.256 e. The number of hydrogen-bond acceptors (Lipinski definition) is 2. The van der Waals surface area contributed by atoms with Gasteiger partial charge in [0.25, 0.3) is 5.91 Å². The van der Waals surface area contributed by atoms with Crippen LogP contribution in [-0.2, 0) is 4.79 Å². The number of aromatic nitrogens is 3. The lowest BCUT2D eigenvalue weighted by Crippen LogP contribution is -2.03. The molecule has 0 fully saturated rings. The van der Waals surface area contributed by atoms with Gasteiger partial charge in [0.15, 0.2) is 0 Å². The first-order valence-corrected chi connectivity index (χ1v) is 9.52. The van der Waals surface area contributed by atoms with Gasteiger partial charge in [0.05, 0.1) is 17.5 Å². The minimum Gasteiger partial charge on any atom is -0.359 e. The Labute approximate surface area is 168 Å². The van der Waals surface area contributed by atoms with Crippen molar-refractivity contribution in [1.29, 1.82) is 0 Å². The number of carbonyl (C=O) groups is 1. The molecule has 0 radical (unpaired) electrons. The van der Waals surface area contributed by atoms with Gasteiger partial charge >= 0.3 is 0 Å². The van der Waals surface area contributed by atoms with Crippen molar-refractivity contribution in [3.05, 3.63) is 89.5 Å². The molecule has 1 aliphatic heterocycles. The molecule has 1 aliphatic rings. The van der Waals surface area contributed by atoms with Gasteiger partial charge in [0.2, 0.25) is 0 Å². The highest BCUT2D eigenvalue weighted by Gasteiger charge is 2.25. The third-order valence-electron chi connectivity index (χ3n) is 5.22. The minimum atomic E-state index is -0.0798. The van der Waals surface area contributed by atoms with Crippen molar-refractivity contribution >= 4 is 23.2 Å². The number of benzene rings is 2. The van der Waals surface area contributed by atoms with Crippen LogP contribution in [-0.4, -0.2) is 20.7 Å². The van der Waals surface area contributed by atoms with Crippen molar-refractivity contribution in [3.63, 3.8) is 0 Å². The predicted octanol–water partition coefficient (Wildman–Crippen LogP) is 4.98. The molecule has 5 nitrogen and oxygen atoms in total. The van der Waals surface area contributed by atoms with Crippen molar-refractivity contribution < 1.29 is 4.79 Å². The van der Waals surface area contributed by atoms with E-state index in [0.717, 1.165) is 45.0 Å². The molecule has 0 bridgehead atoms. The molecule has 5 rings (SSSR count). The highest BCUT2D eigenvalue weighted by atomic mass is 16.2. The van der Waals surface area contributed by atoms with Crippen LogP contribution in [0.25, 0.3) is 28.5 Å². The van der Waals surface area contributed by atoms with Crippen LogP contribution in [0.1, 0.15) is 22.5 Å². The third-order valence-corrected chi connectivity index (χ3v) is 5.22. The van der Waals surface area contributed by atoms with E-state index < -0.39 is 0 Å². The maximum atomic E-state index is 12.6. The summed E-state index contributed by atoms with van der Waals surface area (Å²) < 4.78 is 1.85. The fraction of sp³-hybridized carbons (Fsp3) is 0.0833. The Hall–Kier alpha value is -3.86. The lowest BCUT2D eigenvalue weighted by molar-refractivity contribution is -0.110. The molecular weight excluding hydrogens is 360 g/mol. The standard InChI is InChI=1S/C24H20N4O/c1-15-10-16(2)26-23(15)12-21-20-11-17(8-9-22(20)27-24(21)29)18-13-25-28(14-18)19-6-4-3-5-7-19/h3-14,26H,1-2H3,(H,27,29)/b21-12-. The molecule has 0 unspecified atom stereocenters. The Morgan fingerprint density at radius 1 is 1.00 bits per heavy atom. The predicted molar refractivity (Wildman–Crippen MR) is 116 cm³/mol. The summed E-state index contributed by atoms with van der Waals surface area (Å²) in [4.78, 5) is 15.9. The lowest BCUT2D eigenvalue weighted by atomic mass is 10.0. The molecule has 29 heavy (non-hydrogen) atoms. The van der Waals surface area contributed by atoms with Crippen molar-refractivity contribution in [2.24, 2.45) is 0 Å². The van der Waals surface area contributed by atoms with Gasteiger partial charge in [-0.3, -0.25) is 4.79 Å². The molecule has 1 amide bonds. The van der Waals surface area contributed by atoms with Gasteiger partial charge in [-0.25, -0.2) is 4.68 Å². The number of aromatic amines is 1. The molecule has 5 heteroatoms. The summed E-state index contributed by atoms with van der Waals surface area (Å²) in [6, 6.07) is 18.1. The van der Waals surface area contributed by atoms with Gasteiger partial charge in [0.1, 0.15) is 0 Å². The Kier molecular flexibility index (Phi) is 3.95. The topological polar surface area (TPSA) is 62.7 Å². The van der Waals surface area contributed by atoms with Crippen molar-refractivity contribution in [2.75, 3.05) is 5.32 Å². The second kappa shape index (κ2) is 6.63. The number of para-hydroxylation sites is 1. The van der Waals surface area contributed by atoms with E-state index >= 15 is 0 Å². The highest BCUT2D eigenvalue weighted by molar-refractivity contribution is 6.35. The molecule has 0 saturated heterocycles. The molecule has 0 spiro atoms. The van der Waals surface area contributed by atoms with Crippen LogP contribution in [0.15, 0.2) is 67.0 Å². The monoisotopic (exact) mass is 380 g/mol. The number of fused-ring (bicyclic) bond motifs is 1. The summed E-state index contributed by atoms with van der Waals surface area (Å²) in [6.07, 6.45) is 5.78. The van der Waals surface area contributed by atoms with Crippen LogP contribution in [0.3, 0.4) is 0 Å². The summed E-state index contributed by atoms with van der Waals surface area (Å²) in [6.45, 7) is 4.05. The fourth-order valence-electron chi connectivity index (χ4n) is 3.75. The summed E-state index contributed by atoms with van der Waals surface area (Å²) in [7, 11) is 0. The van der Waals surface area contributed by atoms with Gasteiger partial charge in [-0.2, -0.15) is 5.10 Å². The first-order chi connectivity index (χ1) is 14.1. The number of H-pyrrole nitrogens is 1. The van der Waals surface area contributed by atoms with Crippen LogP contribution in [0.4, 0.5) is 5.69 Å². The molecule has 2 aromatic carbocycles. The van der Waals surface area contributed by atoms with Gasteiger partial charge in [-0.15, -0.1) is 0 Å². The summed E-state index contributed by atoms with van der Waals surface area (Å²) >= 11 is 0. The van der Waals surface area contributed by atoms with Crippen LogP contribution in [0.5, 0.6) is 0 Å². The number of aryl methyl sites for hydroxylation is 2. The molecule has 142 valence electrons. The number of nitrogens with one attached hydrogen (secondary N) is 2. The maximum absolute atomic E-state index is 12.6. The van der Waals surface area contributed by atoms with E-state index in [4.69, 9.17) is 0 Å². The van der Waals surface area contributed by atoms with Gasteiger partial charge in [-0.1, -0.05) is 24.3 Å². The molecule has 0 aliphatic carbocycles. The van der Waals surface area contributed by atoms with Crippen LogP contribution in [0, 0.1) is 13.8 Å². The second-order valence-electron chi connectivity index (χ2n) is 7.33. The number of rotatable bonds is 3. The molecule has 2 aromatic heterocycles. The molecular formula is C24H20N4O. The quantitative estimate of drug-likeness (QED) is 0.493. The van der Waals surface area contributed by atoms with Gasteiger partial charge < -0.3 is 10.3 Å². The van der Waals surface area contributed by atoms with Crippen LogP contribution in [0.2, 0.25) is 0 Å². The average Bonchev–Trinajstić information content (AvgIpc) is 3.41. The largest absolute Gasteiger partial charge is 0.359 e. The Morgan fingerprint density at radius 2 is 1.83 bits per heavy atom. The smallest absolute Gasteiger partial charge is 0.256 e. The normalized spacial score (nSPS) is 14.3. The zero-order valence-electron chi connectivity index (χ0n) is 16.2. The molecule has 0 saturated carbocycles. The van der Waals surface area contributed by atoms with E-state index in [9.17, 15) is 4.79 Å². The highest BCUT2D eigenvalue weighted by Crippen LogP contribution is 2.36. The molecule has 4 aromatic rings. The van der Waals surface area contributed by atoms with Crippen LogP contribution >= 0.6 is 0 Å². The van der Waals surface area contributed by atoms with E-state index in [1.165, 1.54) is 0 Å². The van der Waals surface area contributed by atoms with Crippen LogP contribution < -0.4 is 5.32 Å². The molecule has 0 atom stereocenters. The Balaban J connectivity index is 1.55. The zero-order chi connectivity index (χ0) is 20.0. The average molecular weight is 380 g/mol. The number of nitrogens with zero attached hydrogens (tertiary/aromatic N) is 2. The van der Waals surface area contributed by atoms with E-state index in [1.54, 1.807) is 0 Å². The SMILES string of the molecule is Cc1cc(C)c(/C=C2\C(=O)Nc3ccc(-c4cnn(-c5ccccc5)c4)cc32)[nH]1. The number of amides is 1. The number of carbonyl (C=O) groups excluding carboxylic acids is 1. The van der Waals surface area contributed by atoms with E-state index in [1.807, 2.05) is 79.5 Å². The van der Waals surface area contributed by atoms with E-state index in [2.05, 4.69) is 27.5 Å². The minimum absolute atomic E-state index is 0.0798. The zero-order valence-corrected chi connectivity index (χ0v) is 16.2. The Morgan fingerprint density at radius 3 is 2.59 bits per heavy atom. The second-order valence-corrected chi connectivity index (χ2v) is 7.33. The fourth-order valence-corrected chi connectivity index (χ4v) is 3.75.